The summed E-state index contributed by atoms with van der Waals surface area (Å²) in [5, 5.41) is 11.9. The van der Waals surface area contributed by atoms with Gasteiger partial charge in [0.1, 0.15) is 5.56 Å². The summed E-state index contributed by atoms with van der Waals surface area (Å²) in [6.45, 7) is 4.72. The highest BCUT2D eigenvalue weighted by molar-refractivity contribution is 5.95. The summed E-state index contributed by atoms with van der Waals surface area (Å²) >= 11 is 0. The van der Waals surface area contributed by atoms with Crippen molar-refractivity contribution in [3.63, 3.8) is 0 Å². The maximum absolute atomic E-state index is 14.2. The second-order valence-corrected chi connectivity index (χ2v) is 13.3. The van der Waals surface area contributed by atoms with Gasteiger partial charge in [-0.25, -0.2) is 22.0 Å². The maximum atomic E-state index is 14.2. The molecule has 2 N–H and O–H groups in total. The van der Waals surface area contributed by atoms with Crippen LogP contribution in [-0.4, -0.2) is 41.7 Å². The number of nitrogens with one attached hydrogen (secondary N) is 1. The smallest absolute Gasteiger partial charge is 0.257 e. The van der Waals surface area contributed by atoms with Crippen molar-refractivity contribution in [2.75, 3.05) is 19.6 Å². The average Bonchev–Trinajstić information content (AvgIpc) is 3.14. The van der Waals surface area contributed by atoms with Gasteiger partial charge < -0.3 is 24.8 Å². The lowest BCUT2D eigenvalue weighted by molar-refractivity contribution is -0.276. The number of ether oxygens (including phenoxy) is 2. The largest absolute Gasteiger partial charge is 0.392 e. The van der Waals surface area contributed by atoms with Gasteiger partial charge in [0.25, 0.3) is 5.91 Å². The predicted octanol–water partition coefficient (Wildman–Crippen LogP) is 8.53. The van der Waals surface area contributed by atoms with Gasteiger partial charge in [0.05, 0.1) is 18.8 Å². The van der Waals surface area contributed by atoms with E-state index in [1.807, 2.05) is 48.5 Å². The summed E-state index contributed by atoms with van der Waals surface area (Å²) in [6, 6.07) is 22.3. The summed E-state index contributed by atoms with van der Waals surface area (Å²) < 4.78 is 82.8. The van der Waals surface area contributed by atoms with Gasteiger partial charge in [0.2, 0.25) is 5.82 Å². The Morgan fingerprint density at radius 2 is 1.35 bits per heavy atom. The van der Waals surface area contributed by atoms with Crippen molar-refractivity contribution < 1.29 is 41.3 Å². The fraction of sp³-hybridized carbons (Fsp3) is 0.375. The minimum atomic E-state index is -2.33. The van der Waals surface area contributed by atoms with Crippen LogP contribution in [0.25, 0.3) is 11.1 Å². The Kier molecular flexibility index (Phi) is 11.8. The average molecular weight is 709 g/mol. The monoisotopic (exact) mass is 708 g/mol. The van der Waals surface area contributed by atoms with Gasteiger partial charge in [-0.2, -0.15) is 0 Å². The van der Waals surface area contributed by atoms with Crippen LogP contribution < -0.4 is 5.32 Å². The number of carbonyl (C=O) groups excluding carboxylic acids is 1. The molecule has 0 saturated carbocycles. The number of benzene rings is 4. The molecule has 2 aliphatic rings. The number of hydrogen-bond donors (Lipinski definition) is 2. The van der Waals surface area contributed by atoms with E-state index in [1.165, 1.54) is 19.3 Å². The van der Waals surface area contributed by atoms with E-state index in [9.17, 15) is 31.9 Å². The Hall–Kier alpha value is -4.16. The molecule has 0 unspecified atom stereocenters. The van der Waals surface area contributed by atoms with Crippen molar-refractivity contribution in [2.45, 2.75) is 70.7 Å². The Balaban J connectivity index is 1.21. The molecule has 2 heterocycles. The van der Waals surface area contributed by atoms with Crippen molar-refractivity contribution in [3.8, 4) is 11.1 Å². The molecule has 51 heavy (non-hydrogen) atoms. The molecule has 11 heteroatoms. The highest BCUT2D eigenvalue weighted by atomic mass is 19.2. The second kappa shape index (κ2) is 16.5. The van der Waals surface area contributed by atoms with Crippen molar-refractivity contribution in [1.29, 1.82) is 0 Å². The maximum Gasteiger partial charge on any atom is 0.257 e. The molecule has 270 valence electrons. The van der Waals surface area contributed by atoms with Gasteiger partial charge >= 0.3 is 0 Å². The molecule has 1 amide bonds. The fourth-order valence-corrected chi connectivity index (χ4v) is 6.92. The first-order valence-corrected chi connectivity index (χ1v) is 17.4. The lowest BCUT2D eigenvalue weighted by Gasteiger charge is -2.43. The van der Waals surface area contributed by atoms with Gasteiger partial charge in [-0.3, -0.25) is 4.79 Å². The summed E-state index contributed by atoms with van der Waals surface area (Å²) in [5.74, 6) is -12.5. The molecule has 6 nitrogen and oxygen atoms in total. The third kappa shape index (κ3) is 8.17. The number of likely N-dealkylation sites (tertiary alicyclic amines) is 1. The van der Waals surface area contributed by atoms with E-state index in [1.54, 1.807) is 24.3 Å². The third-order valence-corrected chi connectivity index (χ3v) is 9.90. The van der Waals surface area contributed by atoms with Gasteiger partial charge in [-0.15, -0.1) is 0 Å². The Morgan fingerprint density at radius 1 is 0.765 bits per heavy atom. The first-order chi connectivity index (χ1) is 24.7. The molecule has 0 spiro atoms. The normalized spacial score (nSPS) is 21.5. The van der Waals surface area contributed by atoms with Gasteiger partial charge in [-0.1, -0.05) is 99.0 Å². The number of aliphatic hydroxyl groups excluding tert-OH is 1. The van der Waals surface area contributed by atoms with E-state index >= 15 is 0 Å². The van der Waals surface area contributed by atoms with Crippen LogP contribution in [0.5, 0.6) is 0 Å². The molecule has 0 aromatic heterocycles. The topological polar surface area (TPSA) is 71.0 Å². The summed E-state index contributed by atoms with van der Waals surface area (Å²) in [5.41, 5.74) is 3.10. The van der Waals surface area contributed by atoms with Crippen LogP contribution in [0.4, 0.5) is 22.0 Å². The van der Waals surface area contributed by atoms with E-state index in [4.69, 9.17) is 9.47 Å². The molecule has 0 bridgehead atoms. The Bertz CT molecular complexity index is 1780. The van der Waals surface area contributed by atoms with Crippen LogP contribution >= 0.6 is 0 Å². The predicted molar refractivity (Wildman–Crippen MR) is 182 cm³/mol. The molecule has 0 radical (unpaired) electrons. The molecule has 4 aromatic rings. The molecule has 6 rings (SSSR count). The second-order valence-electron chi connectivity index (χ2n) is 13.3. The van der Waals surface area contributed by atoms with Crippen molar-refractivity contribution in [2.24, 2.45) is 5.92 Å². The van der Waals surface area contributed by atoms with Crippen LogP contribution in [0.2, 0.25) is 0 Å². The number of amides is 1. The van der Waals surface area contributed by atoms with E-state index < -0.39 is 46.8 Å². The number of carbonyl (C=O) groups is 1. The summed E-state index contributed by atoms with van der Waals surface area (Å²) in [7, 11) is 0. The van der Waals surface area contributed by atoms with Gasteiger partial charge in [-0.05, 0) is 53.7 Å². The fourth-order valence-electron chi connectivity index (χ4n) is 6.92. The lowest BCUT2D eigenvalue weighted by Crippen LogP contribution is -2.45. The number of nitrogens with zero attached hydrogens (tertiary/aromatic N) is 1. The van der Waals surface area contributed by atoms with Gasteiger partial charge in [0.15, 0.2) is 29.6 Å². The SMILES string of the molecule is C[C@@H]1[C@H](CN2CCCCCCC2)O[C@H](c2ccc(-c3ccccc3CNC(=O)c3c(F)c(F)c(F)c(F)c3F)cc2)O[C@@H]1c1ccc(CO)cc1. The molecule has 4 atom stereocenters. The van der Waals surface area contributed by atoms with E-state index in [0.29, 0.717) is 11.1 Å². The Labute approximate surface area is 294 Å². The van der Waals surface area contributed by atoms with Crippen LogP contribution in [0.1, 0.15) is 84.0 Å². The molecule has 4 aromatic carbocycles. The van der Waals surface area contributed by atoms with Crippen LogP contribution in [0.3, 0.4) is 0 Å². The molecule has 2 aliphatic heterocycles. The van der Waals surface area contributed by atoms with Crippen molar-refractivity contribution in [3.05, 3.63) is 130 Å². The van der Waals surface area contributed by atoms with Gasteiger partial charge in [0, 0.05) is 24.6 Å². The standard InChI is InChI=1S/C40H41F5N2O4/c1-24-31(22-47-19-7-3-2-4-8-20-47)50-40(51-38(24)27-13-11-25(23-48)12-14-27)28-17-15-26(16-18-28)30-10-6-5-9-29(30)21-46-39(49)32-33(41)35(43)37(45)36(44)34(32)42/h5-6,9-18,24,31,38,40,48H,2-4,7-8,19-23H2,1H3,(H,46,49)/t24-,31+,38+,40+/m1/s1. The molecular formula is C40H41F5N2O4. The zero-order chi connectivity index (χ0) is 36.1. The van der Waals surface area contributed by atoms with Crippen molar-refractivity contribution in [1.82, 2.24) is 10.2 Å². The van der Waals surface area contributed by atoms with E-state index in [-0.39, 0.29) is 31.3 Å². The third-order valence-electron chi connectivity index (χ3n) is 9.90. The van der Waals surface area contributed by atoms with Crippen LogP contribution in [0, 0.1) is 35.0 Å². The van der Waals surface area contributed by atoms with Crippen molar-refractivity contribution >= 4 is 5.91 Å². The molecule has 2 fully saturated rings. The van der Waals surface area contributed by atoms with Crippen LogP contribution in [0.15, 0.2) is 72.8 Å². The number of hydrogen-bond acceptors (Lipinski definition) is 5. The first kappa shape index (κ1) is 36.6. The highest BCUT2D eigenvalue weighted by Crippen LogP contribution is 2.42. The summed E-state index contributed by atoms with van der Waals surface area (Å²) in [6.07, 6.45) is 5.05. The molecule has 0 aliphatic carbocycles. The minimum absolute atomic E-state index is 0.0438. The molecule has 2 saturated heterocycles. The highest BCUT2D eigenvalue weighted by Gasteiger charge is 2.39. The number of rotatable bonds is 9. The van der Waals surface area contributed by atoms with E-state index in [0.717, 1.165) is 54.7 Å². The number of aliphatic hydroxyl groups is 1. The zero-order valence-corrected chi connectivity index (χ0v) is 28.3. The molecular weight excluding hydrogens is 667 g/mol. The minimum Gasteiger partial charge on any atom is -0.392 e. The Morgan fingerprint density at radius 3 is 2.00 bits per heavy atom. The van der Waals surface area contributed by atoms with Crippen LogP contribution in [-0.2, 0) is 22.6 Å². The summed E-state index contributed by atoms with van der Waals surface area (Å²) in [4.78, 5) is 15.1. The van der Waals surface area contributed by atoms with E-state index in [2.05, 4.69) is 17.1 Å². The quantitative estimate of drug-likeness (QED) is 0.104. The first-order valence-electron chi connectivity index (χ1n) is 17.4. The lowest BCUT2D eigenvalue weighted by atomic mass is 9.89. The number of halogens is 5. The zero-order valence-electron chi connectivity index (χ0n) is 28.3.